The zero-order valence-corrected chi connectivity index (χ0v) is 20.1. The average molecular weight is 539 g/mol. The summed E-state index contributed by atoms with van der Waals surface area (Å²) in [6.07, 6.45) is -5.18. The minimum atomic E-state index is -5.06. The van der Waals surface area contributed by atoms with Crippen molar-refractivity contribution in [2.45, 2.75) is 41.7 Å². The van der Waals surface area contributed by atoms with Crippen LogP contribution in [0.15, 0.2) is 41.6 Å². The molecular weight excluding hydrogens is 517 g/mol. The van der Waals surface area contributed by atoms with Crippen molar-refractivity contribution >= 4 is 21.7 Å². The predicted molar refractivity (Wildman–Crippen MR) is 119 cm³/mol. The number of rotatable bonds is 7. The molecule has 2 aliphatic rings. The van der Waals surface area contributed by atoms with Crippen molar-refractivity contribution in [3.8, 4) is 17.2 Å². The van der Waals surface area contributed by atoms with E-state index >= 15 is 0 Å². The summed E-state index contributed by atoms with van der Waals surface area (Å²) >= 11 is 0. The van der Waals surface area contributed by atoms with Crippen molar-refractivity contribution in [2.24, 2.45) is 22.5 Å². The lowest BCUT2D eigenvalue weighted by molar-refractivity contribution is -0.159. The van der Waals surface area contributed by atoms with Crippen LogP contribution in [0.1, 0.15) is 24.8 Å². The molecule has 3 N–H and O–H groups in total. The smallest absolute Gasteiger partial charge is 0.417 e. The van der Waals surface area contributed by atoms with Gasteiger partial charge >= 0.3 is 12.1 Å². The molecule has 0 spiro atoms. The number of hydrogen-bond acceptors (Lipinski definition) is 8. The van der Waals surface area contributed by atoms with E-state index in [2.05, 4.69) is 10.2 Å². The second-order valence-corrected chi connectivity index (χ2v) is 11.4. The Balaban J connectivity index is 1.80. The lowest BCUT2D eigenvalue weighted by Gasteiger charge is -2.31. The third-order valence-electron chi connectivity index (χ3n) is 7.47. The largest absolute Gasteiger partial charge is 0.481 e. The van der Waals surface area contributed by atoms with Gasteiger partial charge < -0.3 is 15.6 Å². The molecule has 2 saturated carbocycles. The van der Waals surface area contributed by atoms with Gasteiger partial charge in [-0.15, -0.1) is 0 Å². The first-order valence-corrected chi connectivity index (χ1v) is 12.5. The van der Waals surface area contributed by atoms with Gasteiger partial charge in [0.15, 0.2) is 9.84 Å². The number of benzene rings is 1. The zero-order chi connectivity index (χ0) is 27.4. The van der Waals surface area contributed by atoms with Crippen LogP contribution in [0.2, 0.25) is 0 Å². The first kappa shape index (κ1) is 26.5. The number of aromatic nitrogens is 2. The number of nitrogens with zero attached hydrogens (tertiary/aromatic N) is 3. The van der Waals surface area contributed by atoms with Crippen LogP contribution in [0.4, 0.5) is 13.2 Å². The van der Waals surface area contributed by atoms with Crippen LogP contribution in [0.5, 0.6) is 0 Å². The molecule has 1 aromatic carbocycles. The van der Waals surface area contributed by atoms with Crippen LogP contribution in [0.3, 0.4) is 0 Å². The van der Waals surface area contributed by atoms with Crippen molar-refractivity contribution in [3.63, 3.8) is 0 Å². The third kappa shape index (κ3) is 4.02. The molecule has 0 aliphatic heterocycles. The van der Waals surface area contributed by atoms with Gasteiger partial charge in [-0.2, -0.15) is 28.6 Å². The van der Waals surface area contributed by atoms with E-state index in [-0.39, 0.29) is 17.5 Å². The molecule has 1 amide bonds. The Morgan fingerprint density at radius 1 is 1.22 bits per heavy atom. The van der Waals surface area contributed by atoms with Crippen LogP contribution in [-0.2, 0) is 30.3 Å². The average Bonchev–Trinajstić information content (AvgIpc) is 3.48. The summed E-state index contributed by atoms with van der Waals surface area (Å²) in [6, 6.07) is 5.86. The fourth-order valence-electron chi connectivity index (χ4n) is 5.48. The molecule has 5 atom stereocenters. The van der Waals surface area contributed by atoms with Gasteiger partial charge in [0.1, 0.15) is 10.8 Å². The highest BCUT2D eigenvalue weighted by atomic mass is 32.2. The highest BCUT2D eigenvalue weighted by molar-refractivity contribution is 7.92. The van der Waals surface area contributed by atoms with Gasteiger partial charge in [-0.3, -0.25) is 9.59 Å². The molecule has 196 valence electrons. The Morgan fingerprint density at radius 3 is 2.41 bits per heavy atom. The van der Waals surface area contributed by atoms with Crippen LogP contribution in [0, 0.1) is 28.1 Å². The molecule has 14 heteroatoms. The molecular formula is C23H21F3N4O6S. The molecule has 2 aliphatic carbocycles. The highest BCUT2D eigenvalue weighted by Gasteiger charge is 2.75. The highest BCUT2D eigenvalue weighted by Crippen LogP contribution is 2.66. The summed E-state index contributed by atoms with van der Waals surface area (Å²) in [5.41, 5.74) is 0.416. The first-order valence-electron chi connectivity index (χ1n) is 10.9. The quantitative estimate of drug-likeness (QED) is 0.536. The number of methoxy groups -OCH3 is 1. The minimum Gasteiger partial charge on any atom is -0.481 e. The van der Waals surface area contributed by atoms with E-state index in [4.69, 9.17) is 10.5 Å². The van der Waals surface area contributed by atoms with Crippen LogP contribution < -0.4 is 5.73 Å². The molecule has 1 aromatic heterocycles. The molecule has 10 nitrogen and oxygen atoms in total. The van der Waals surface area contributed by atoms with Gasteiger partial charge in [-0.25, -0.2) is 8.42 Å². The Labute approximate surface area is 209 Å². The third-order valence-corrected chi connectivity index (χ3v) is 9.68. The Hall–Kier alpha value is -3.57. The van der Waals surface area contributed by atoms with Crippen LogP contribution in [-0.4, -0.2) is 54.1 Å². The number of amides is 1. The minimum absolute atomic E-state index is 0.0560. The summed E-state index contributed by atoms with van der Waals surface area (Å²) in [5, 5.41) is 25.3. The van der Waals surface area contributed by atoms with Gasteiger partial charge in [0.05, 0.1) is 40.3 Å². The number of carbonyl (C=O) groups is 2. The molecule has 0 saturated heterocycles. The molecule has 2 fully saturated rings. The SMILES string of the molecule is CO[C@@H]1C[C@H](S(=O)(=O)c2ccc(-c3ccnnc3)cc2C(F)(F)F)C[C@@]1(C(=O)O)C1CC1(C#N)C(N)=O. The number of halogens is 3. The molecule has 2 aromatic rings. The Kier molecular flexibility index (Phi) is 6.28. The van der Waals surface area contributed by atoms with Crippen molar-refractivity contribution in [2.75, 3.05) is 7.11 Å². The second kappa shape index (κ2) is 8.77. The van der Waals surface area contributed by atoms with E-state index in [0.717, 1.165) is 13.2 Å². The van der Waals surface area contributed by atoms with Crippen LogP contribution >= 0.6 is 0 Å². The van der Waals surface area contributed by atoms with E-state index in [0.29, 0.717) is 6.07 Å². The normalized spacial score (nSPS) is 29.4. The number of alkyl halides is 3. The number of nitriles is 1. The number of carboxylic acids is 1. The van der Waals surface area contributed by atoms with Crippen LogP contribution in [0.25, 0.3) is 11.1 Å². The predicted octanol–water partition coefficient (Wildman–Crippen LogP) is 2.20. The summed E-state index contributed by atoms with van der Waals surface area (Å²) < 4.78 is 74.7. The Morgan fingerprint density at radius 2 is 1.92 bits per heavy atom. The van der Waals surface area contributed by atoms with E-state index < -0.39 is 79.3 Å². The fraction of sp³-hybridized carbons (Fsp3) is 0.435. The standard InChI is InChI=1S/C23H21F3N4O6S/c1-36-18-7-14(8-22(18,20(32)33)17-9-21(17,11-27)19(28)31)37(34,35)16-3-2-12(6-15(16)23(24,25)26)13-4-5-29-30-10-13/h2-6,10,14,17-18H,7-9H2,1H3,(H2,28,31)(H,32,33)/t14-,17?,18+,21?,22+/m0/s1. The maximum absolute atomic E-state index is 14.1. The van der Waals surface area contributed by atoms with Crippen molar-refractivity contribution < 1.29 is 41.0 Å². The first-order chi connectivity index (χ1) is 17.3. The van der Waals surface area contributed by atoms with Crippen molar-refractivity contribution in [1.29, 1.82) is 5.26 Å². The molecule has 1 heterocycles. The van der Waals surface area contributed by atoms with E-state index in [1.807, 2.05) is 0 Å². The summed E-state index contributed by atoms with van der Waals surface area (Å²) in [6.45, 7) is 0. The number of hydrogen-bond donors (Lipinski definition) is 2. The number of nitrogens with two attached hydrogens (primary N) is 1. The lowest BCUT2D eigenvalue weighted by atomic mass is 9.75. The number of primary amides is 1. The number of ether oxygens (including phenoxy) is 1. The lowest BCUT2D eigenvalue weighted by Crippen LogP contribution is -2.44. The van der Waals surface area contributed by atoms with Crippen molar-refractivity contribution in [1.82, 2.24) is 10.2 Å². The summed E-state index contributed by atoms with van der Waals surface area (Å²) in [5.74, 6) is -3.73. The molecule has 37 heavy (non-hydrogen) atoms. The summed E-state index contributed by atoms with van der Waals surface area (Å²) in [7, 11) is -3.62. The van der Waals surface area contributed by atoms with E-state index in [9.17, 15) is 41.5 Å². The van der Waals surface area contributed by atoms with Gasteiger partial charge in [0, 0.05) is 18.6 Å². The van der Waals surface area contributed by atoms with E-state index in [1.165, 1.54) is 24.5 Å². The van der Waals surface area contributed by atoms with Gasteiger partial charge in [0.25, 0.3) is 0 Å². The fourth-order valence-corrected chi connectivity index (χ4v) is 7.50. The second-order valence-electron chi connectivity index (χ2n) is 9.22. The number of carbonyl (C=O) groups excluding carboxylic acids is 1. The van der Waals surface area contributed by atoms with Crippen molar-refractivity contribution in [3.05, 3.63) is 42.2 Å². The summed E-state index contributed by atoms with van der Waals surface area (Å²) in [4.78, 5) is 23.5. The monoisotopic (exact) mass is 538 g/mol. The van der Waals surface area contributed by atoms with Gasteiger partial charge in [-0.1, -0.05) is 6.07 Å². The van der Waals surface area contributed by atoms with Gasteiger partial charge in [0.2, 0.25) is 5.91 Å². The molecule has 0 radical (unpaired) electrons. The molecule has 0 bridgehead atoms. The number of sulfone groups is 1. The van der Waals surface area contributed by atoms with E-state index in [1.54, 1.807) is 6.07 Å². The maximum Gasteiger partial charge on any atom is 0.417 e. The topological polar surface area (TPSA) is 173 Å². The maximum atomic E-state index is 14.1. The molecule has 4 rings (SSSR count). The Bertz CT molecular complexity index is 1410. The number of aliphatic carboxylic acids is 1. The number of carboxylic acid groups (broad SMARTS) is 1. The zero-order valence-electron chi connectivity index (χ0n) is 19.3. The molecule has 2 unspecified atom stereocenters. The van der Waals surface area contributed by atoms with Gasteiger partial charge in [-0.05, 0) is 43.0 Å².